The fourth-order valence-corrected chi connectivity index (χ4v) is 0.712. The summed E-state index contributed by atoms with van der Waals surface area (Å²) in [5.74, 6) is -2.02. The molecule has 0 aromatic carbocycles. The number of hydrogen-bond donors (Lipinski definition) is 0. The molecule has 0 aliphatic rings. The third kappa shape index (κ3) is 3.38. The minimum Gasteiger partial charge on any atom is -0.331 e. The van der Waals surface area contributed by atoms with Crippen molar-refractivity contribution in [3.05, 3.63) is 0 Å². The summed E-state index contributed by atoms with van der Waals surface area (Å²) in [5.41, 5.74) is 0. The third-order valence-electron chi connectivity index (χ3n) is 1.35. The molecule has 0 aromatic rings. The average molecular weight is 188 g/mol. The standard InChI is InChI=1S/C6H11F3O3/c1-10-6(11-2,12-3)4-5(7,8)9/h4H2,1-3H3. The number of alkyl halides is 3. The first kappa shape index (κ1) is 11.7. The largest absolute Gasteiger partial charge is 0.396 e. The summed E-state index contributed by atoms with van der Waals surface area (Å²) in [6, 6.07) is 0. The zero-order chi connectivity index (χ0) is 9.83. The smallest absolute Gasteiger partial charge is 0.331 e. The van der Waals surface area contributed by atoms with Crippen LogP contribution >= 0.6 is 0 Å². The van der Waals surface area contributed by atoms with E-state index in [0.717, 1.165) is 21.3 Å². The molecular formula is C6H11F3O3. The Balaban J connectivity index is 4.30. The van der Waals surface area contributed by atoms with Crippen molar-refractivity contribution in [3.8, 4) is 0 Å². The molecule has 0 aliphatic carbocycles. The molecule has 0 heterocycles. The molecule has 0 atom stereocenters. The van der Waals surface area contributed by atoms with Crippen LogP contribution in [-0.2, 0) is 14.2 Å². The molecule has 0 saturated heterocycles. The highest BCUT2D eigenvalue weighted by Gasteiger charge is 2.43. The molecule has 0 saturated carbocycles. The van der Waals surface area contributed by atoms with E-state index in [-0.39, 0.29) is 0 Å². The first-order valence-electron chi connectivity index (χ1n) is 3.11. The van der Waals surface area contributed by atoms with Crippen molar-refractivity contribution in [3.63, 3.8) is 0 Å². The normalized spacial score (nSPS) is 13.5. The van der Waals surface area contributed by atoms with Crippen LogP contribution in [0.3, 0.4) is 0 Å². The van der Waals surface area contributed by atoms with E-state index in [1.165, 1.54) is 0 Å². The summed E-state index contributed by atoms with van der Waals surface area (Å²) in [6.45, 7) is 0. The Morgan fingerprint density at radius 2 is 1.25 bits per heavy atom. The van der Waals surface area contributed by atoms with Crippen molar-refractivity contribution in [2.24, 2.45) is 0 Å². The van der Waals surface area contributed by atoms with Crippen LogP contribution in [0.25, 0.3) is 0 Å². The van der Waals surface area contributed by atoms with Crippen LogP contribution in [0.2, 0.25) is 0 Å². The predicted molar refractivity (Wildman–Crippen MR) is 34.4 cm³/mol. The zero-order valence-corrected chi connectivity index (χ0v) is 7.07. The van der Waals surface area contributed by atoms with Gasteiger partial charge < -0.3 is 14.2 Å². The van der Waals surface area contributed by atoms with E-state index in [9.17, 15) is 13.2 Å². The van der Waals surface area contributed by atoms with E-state index in [2.05, 4.69) is 14.2 Å². The lowest BCUT2D eigenvalue weighted by molar-refractivity contribution is -0.382. The van der Waals surface area contributed by atoms with Crippen molar-refractivity contribution >= 4 is 0 Å². The Kier molecular flexibility index (Phi) is 3.95. The van der Waals surface area contributed by atoms with E-state index in [4.69, 9.17) is 0 Å². The van der Waals surface area contributed by atoms with Gasteiger partial charge in [0.05, 0.1) is 0 Å². The highest BCUT2D eigenvalue weighted by molar-refractivity contribution is 4.62. The maximum atomic E-state index is 11.9. The van der Waals surface area contributed by atoms with Crippen LogP contribution < -0.4 is 0 Å². The quantitative estimate of drug-likeness (QED) is 0.626. The minimum atomic E-state index is -4.39. The van der Waals surface area contributed by atoms with Gasteiger partial charge in [-0.1, -0.05) is 0 Å². The van der Waals surface area contributed by atoms with Gasteiger partial charge in [0.15, 0.2) is 0 Å². The average Bonchev–Trinajstić information content (AvgIpc) is 1.99. The van der Waals surface area contributed by atoms with Crippen molar-refractivity contribution < 1.29 is 27.4 Å². The molecule has 12 heavy (non-hydrogen) atoms. The molecule has 0 N–H and O–H groups in total. The molecule has 6 heteroatoms. The highest BCUT2D eigenvalue weighted by atomic mass is 19.4. The minimum absolute atomic E-state index is 1.08. The van der Waals surface area contributed by atoms with Gasteiger partial charge in [0.2, 0.25) is 0 Å². The summed E-state index contributed by atoms with van der Waals surface area (Å²) in [4.78, 5) is 0. The molecule has 0 spiro atoms. The van der Waals surface area contributed by atoms with Crippen LogP contribution in [0.1, 0.15) is 6.42 Å². The molecule has 0 radical (unpaired) electrons. The van der Waals surface area contributed by atoms with E-state index in [0.29, 0.717) is 0 Å². The maximum Gasteiger partial charge on any atom is 0.396 e. The number of ether oxygens (including phenoxy) is 3. The lowest BCUT2D eigenvalue weighted by Crippen LogP contribution is -2.40. The number of halogens is 3. The second kappa shape index (κ2) is 4.06. The van der Waals surface area contributed by atoms with E-state index < -0.39 is 18.6 Å². The molecule has 0 aromatic heterocycles. The summed E-state index contributed by atoms with van der Waals surface area (Å²) in [5, 5.41) is 0. The van der Waals surface area contributed by atoms with Gasteiger partial charge in [0, 0.05) is 21.3 Å². The van der Waals surface area contributed by atoms with E-state index >= 15 is 0 Å². The summed E-state index contributed by atoms with van der Waals surface area (Å²) in [7, 11) is 3.25. The topological polar surface area (TPSA) is 27.7 Å². The van der Waals surface area contributed by atoms with Crippen molar-refractivity contribution in [2.45, 2.75) is 18.6 Å². The summed E-state index contributed by atoms with van der Waals surface area (Å²) >= 11 is 0. The zero-order valence-electron chi connectivity index (χ0n) is 7.07. The first-order valence-corrected chi connectivity index (χ1v) is 3.11. The maximum absolute atomic E-state index is 11.9. The molecule has 0 amide bonds. The molecule has 0 aliphatic heterocycles. The van der Waals surface area contributed by atoms with Crippen molar-refractivity contribution in [1.82, 2.24) is 0 Å². The van der Waals surface area contributed by atoms with Crippen LogP contribution in [-0.4, -0.2) is 33.5 Å². The van der Waals surface area contributed by atoms with Crippen LogP contribution in [0.15, 0.2) is 0 Å². The Labute approximate surface area is 68.4 Å². The second-order valence-corrected chi connectivity index (χ2v) is 2.09. The molecule has 0 unspecified atom stereocenters. The van der Waals surface area contributed by atoms with Crippen molar-refractivity contribution in [1.29, 1.82) is 0 Å². The second-order valence-electron chi connectivity index (χ2n) is 2.09. The lowest BCUT2D eigenvalue weighted by atomic mass is 10.3. The lowest BCUT2D eigenvalue weighted by Gasteiger charge is -2.29. The van der Waals surface area contributed by atoms with Crippen molar-refractivity contribution in [2.75, 3.05) is 21.3 Å². The molecule has 0 fully saturated rings. The fourth-order valence-electron chi connectivity index (χ4n) is 0.712. The van der Waals surface area contributed by atoms with Crippen LogP contribution in [0, 0.1) is 0 Å². The van der Waals surface area contributed by atoms with Gasteiger partial charge in [0.1, 0.15) is 6.42 Å². The monoisotopic (exact) mass is 188 g/mol. The third-order valence-corrected chi connectivity index (χ3v) is 1.35. The van der Waals surface area contributed by atoms with Gasteiger partial charge in [-0.05, 0) is 0 Å². The predicted octanol–water partition coefficient (Wildman–Crippen LogP) is 1.53. The van der Waals surface area contributed by atoms with Gasteiger partial charge >= 0.3 is 6.18 Å². The Bertz CT molecular complexity index is 122. The molecule has 0 rings (SSSR count). The van der Waals surface area contributed by atoms with Gasteiger partial charge in [-0.15, -0.1) is 0 Å². The number of rotatable bonds is 4. The summed E-state index contributed by atoms with van der Waals surface area (Å²) < 4.78 is 49.0. The molecule has 3 nitrogen and oxygen atoms in total. The Hall–Kier alpha value is -0.330. The van der Waals surface area contributed by atoms with Gasteiger partial charge in [-0.2, -0.15) is 13.2 Å². The fraction of sp³-hybridized carbons (Fsp3) is 1.00. The van der Waals surface area contributed by atoms with Gasteiger partial charge in [0.25, 0.3) is 5.97 Å². The van der Waals surface area contributed by atoms with Gasteiger partial charge in [-0.3, -0.25) is 0 Å². The van der Waals surface area contributed by atoms with Gasteiger partial charge in [-0.25, -0.2) is 0 Å². The first-order chi connectivity index (χ1) is 5.39. The Morgan fingerprint density at radius 1 is 0.917 bits per heavy atom. The number of methoxy groups -OCH3 is 3. The van der Waals surface area contributed by atoms with E-state index in [1.807, 2.05) is 0 Å². The SMILES string of the molecule is COC(CC(F)(F)F)(OC)OC. The molecule has 0 bridgehead atoms. The number of hydrogen-bond acceptors (Lipinski definition) is 3. The van der Waals surface area contributed by atoms with Crippen LogP contribution in [0.4, 0.5) is 13.2 Å². The van der Waals surface area contributed by atoms with Crippen LogP contribution in [0.5, 0.6) is 0 Å². The molecule has 74 valence electrons. The van der Waals surface area contributed by atoms with E-state index in [1.54, 1.807) is 0 Å². The Morgan fingerprint density at radius 3 is 1.33 bits per heavy atom. The molecular weight excluding hydrogens is 177 g/mol. The summed E-state index contributed by atoms with van der Waals surface area (Å²) in [6.07, 6.45) is -5.69. The highest BCUT2D eigenvalue weighted by Crippen LogP contribution is 2.30.